The molecule has 0 aromatic carbocycles. The maximum Gasteiger partial charge on any atom is 0.410 e. The summed E-state index contributed by atoms with van der Waals surface area (Å²) in [5.41, 5.74) is 0.947. The first-order chi connectivity index (χ1) is 12.1. The van der Waals surface area contributed by atoms with E-state index in [0.29, 0.717) is 5.69 Å². The Hall–Kier alpha value is -2.31. The lowest BCUT2D eigenvalue weighted by atomic mass is 10.0. The van der Waals surface area contributed by atoms with Crippen LogP contribution in [0.3, 0.4) is 0 Å². The minimum atomic E-state index is -0.488. The number of anilines is 1. The van der Waals surface area contributed by atoms with E-state index in [-0.39, 0.29) is 18.0 Å². The number of nitrogens with zero attached hydrogens (tertiary/aromatic N) is 4. The van der Waals surface area contributed by atoms with E-state index in [0.717, 1.165) is 31.6 Å². The first kappa shape index (κ1) is 20.0. The minimum Gasteiger partial charge on any atom is -0.444 e. The number of carbonyl (C=O) groups is 2. The maximum atomic E-state index is 12.2. The molecule has 0 saturated carbocycles. The van der Waals surface area contributed by atoms with Crippen LogP contribution in [0.25, 0.3) is 0 Å². The van der Waals surface area contributed by atoms with Gasteiger partial charge in [0.05, 0.1) is 0 Å². The molecule has 0 N–H and O–H groups in total. The second kappa shape index (κ2) is 7.93. The Balaban J connectivity index is 1.97. The standard InChI is InChI=1S/C19H30N4O3/c1-19(2,3)26-18(25)22(6)14-8-11-23(12-9-14)15-7-10-20-16(13-15)17(24)21(4)5/h7,10,13-14H,8-9,11-12H2,1-6H3. The molecular weight excluding hydrogens is 332 g/mol. The lowest BCUT2D eigenvalue weighted by Crippen LogP contribution is -2.47. The van der Waals surface area contributed by atoms with Crippen molar-refractivity contribution in [3.05, 3.63) is 24.0 Å². The molecule has 0 spiro atoms. The van der Waals surface area contributed by atoms with Gasteiger partial charge in [0.2, 0.25) is 0 Å². The van der Waals surface area contributed by atoms with Gasteiger partial charge in [-0.05, 0) is 45.7 Å². The van der Waals surface area contributed by atoms with Crippen LogP contribution in [0.2, 0.25) is 0 Å². The first-order valence-corrected chi connectivity index (χ1v) is 8.97. The molecule has 0 radical (unpaired) electrons. The largest absolute Gasteiger partial charge is 0.444 e. The van der Waals surface area contributed by atoms with Crippen LogP contribution in [-0.2, 0) is 4.74 Å². The summed E-state index contributed by atoms with van der Waals surface area (Å²) in [6, 6.07) is 3.91. The van der Waals surface area contributed by atoms with Gasteiger partial charge in [-0.25, -0.2) is 4.79 Å². The van der Waals surface area contributed by atoms with Crippen LogP contribution in [0.1, 0.15) is 44.1 Å². The Morgan fingerprint density at radius 2 is 1.81 bits per heavy atom. The van der Waals surface area contributed by atoms with Crippen LogP contribution in [0.4, 0.5) is 10.5 Å². The summed E-state index contributed by atoms with van der Waals surface area (Å²) in [6.07, 6.45) is 3.11. The van der Waals surface area contributed by atoms with E-state index in [1.165, 1.54) is 4.90 Å². The quantitative estimate of drug-likeness (QED) is 0.827. The number of rotatable bonds is 3. The molecule has 2 amide bonds. The number of ether oxygens (including phenoxy) is 1. The Labute approximate surface area is 155 Å². The fourth-order valence-corrected chi connectivity index (χ4v) is 2.96. The first-order valence-electron chi connectivity index (χ1n) is 8.97. The van der Waals surface area contributed by atoms with Crippen molar-refractivity contribution in [2.75, 3.05) is 39.1 Å². The third-order valence-corrected chi connectivity index (χ3v) is 4.43. The van der Waals surface area contributed by atoms with Crippen molar-refractivity contribution in [1.29, 1.82) is 0 Å². The molecule has 1 aromatic heterocycles. The lowest BCUT2D eigenvalue weighted by Gasteiger charge is -2.38. The second-order valence-electron chi connectivity index (χ2n) is 7.91. The summed E-state index contributed by atoms with van der Waals surface area (Å²) < 4.78 is 5.45. The number of pyridine rings is 1. The number of aromatic nitrogens is 1. The van der Waals surface area contributed by atoms with Crippen LogP contribution in [-0.4, -0.2) is 72.7 Å². The topological polar surface area (TPSA) is 66.0 Å². The smallest absolute Gasteiger partial charge is 0.410 e. The summed E-state index contributed by atoms with van der Waals surface area (Å²) in [7, 11) is 5.23. The summed E-state index contributed by atoms with van der Waals surface area (Å²) in [5.74, 6) is -0.105. The molecule has 26 heavy (non-hydrogen) atoms. The Bertz CT molecular complexity index is 646. The number of amides is 2. The number of piperidine rings is 1. The van der Waals surface area contributed by atoms with Gasteiger partial charge < -0.3 is 19.4 Å². The molecule has 0 unspecified atom stereocenters. The molecular formula is C19H30N4O3. The molecule has 1 aliphatic heterocycles. The number of carbonyl (C=O) groups excluding carboxylic acids is 2. The molecule has 1 aromatic rings. The Kier molecular flexibility index (Phi) is 6.10. The third-order valence-electron chi connectivity index (χ3n) is 4.43. The van der Waals surface area contributed by atoms with Gasteiger partial charge in [0, 0.05) is 52.2 Å². The lowest BCUT2D eigenvalue weighted by molar-refractivity contribution is 0.0201. The molecule has 2 rings (SSSR count). The van der Waals surface area contributed by atoms with Crippen molar-refractivity contribution in [1.82, 2.24) is 14.8 Å². The second-order valence-corrected chi connectivity index (χ2v) is 7.91. The maximum absolute atomic E-state index is 12.2. The summed E-state index contributed by atoms with van der Waals surface area (Å²) in [6.45, 7) is 7.25. The molecule has 7 heteroatoms. The van der Waals surface area contributed by atoms with Gasteiger partial charge in [-0.15, -0.1) is 0 Å². The fraction of sp³-hybridized carbons (Fsp3) is 0.632. The zero-order valence-corrected chi connectivity index (χ0v) is 16.7. The van der Waals surface area contributed by atoms with Crippen LogP contribution >= 0.6 is 0 Å². The average molecular weight is 362 g/mol. The van der Waals surface area contributed by atoms with Crippen molar-refractivity contribution >= 4 is 17.7 Å². The van der Waals surface area contributed by atoms with Gasteiger partial charge in [0.15, 0.2) is 0 Å². The number of hydrogen-bond donors (Lipinski definition) is 0. The third kappa shape index (κ3) is 5.09. The van der Waals surface area contributed by atoms with Crippen LogP contribution in [0.15, 0.2) is 18.3 Å². The predicted octanol–water partition coefficient (Wildman–Crippen LogP) is 2.62. The highest BCUT2D eigenvalue weighted by Gasteiger charge is 2.28. The number of hydrogen-bond acceptors (Lipinski definition) is 5. The van der Waals surface area contributed by atoms with E-state index < -0.39 is 5.60 Å². The van der Waals surface area contributed by atoms with Crippen molar-refractivity contribution in [3.63, 3.8) is 0 Å². The van der Waals surface area contributed by atoms with Gasteiger partial charge in [-0.2, -0.15) is 0 Å². The van der Waals surface area contributed by atoms with Crippen molar-refractivity contribution in [2.24, 2.45) is 0 Å². The molecule has 1 saturated heterocycles. The highest BCUT2D eigenvalue weighted by atomic mass is 16.6. The summed E-state index contributed by atoms with van der Waals surface area (Å²) in [4.78, 5) is 34.0. The van der Waals surface area contributed by atoms with Gasteiger partial charge in [-0.1, -0.05) is 0 Å². The zero-order chi connectivity index (χ0) is 19.5. The highest BCUT2D eigenvalue weighted by molar-refractivity contribution is 5.92. The SMILES string of the molecule is CN(C)C(=O)c1cc(N2CCC(N(C)C(=O)OC(C)(C)C)CC2)ccn1. The van der Waals surface area contributed by atoms with E-state index in [9.17, 15) is 9.59 Å². The molecule has 2 heterocycles. The Morgan fingerprint density at radius 3 is 2.35 bits per heavy atom. The molecule has 0 atom stereocenters. The van der Waals surface area contributed by atoms with Gasteiger partial charge >= 0.3 is 6.09 Å². The van der Waals surface area contributed by atoms with Crippen molar-refractivity contribution in [3.8, 4) is 0 Å². The van der Waals surface area contributed by atoms with E-state index >= 15 is 0 Å². The van der Waals surface area contributed by atoms with Crippen LogP contribution in [0, 0.1) is 0 Å². The van der Waals surface area contributed by atoms with Crippen LogP contribution < -0.4 is 4.90 Å². The summed E-state index contributed by atoms with van der Waals surface area (Å²) >= 11 is 0. The normalized spacial score (nSPS) is 15.5. The summed E-state index contributed by atoms with van der Waals surface area (Å²) in [5, 5.41) is 0. The average Bonchev–Trinajstić information content (AvgIpc) is 2.59. The van der Waals surface area contributed by atoms with Gasteiger partial charge in [0.25, 0.3) is 5.91 Å². The molecule has 0 bridgehead atoms. The molecule has 1 fully saturated rings. The van der Waals surface area contributed by atoms with E-state index in [1.807, 2.05) is 32.9 Å². The van der Waals surface area contributed by atoms with E-state index in [4.69, 9.17) is 4.74 Å². The molecule has 1 aliphatic rings. The predicted molar refractivity (Wildman–Crippen MR) is 101 cm³/mol. The van der Waals surface area contributed by atoms with E-state index in [1.54, 1.807) is 32.2 Å². The molecule has 7 nitrogen and oxygen atoms in total. The Morgan fingerprint density at radius 1 is 1.19 bits per heavy atom. The van der Waals surface area contributed by atoms with E-state index in [2.05, 4.69) is 9.88 Å². The van der Waals surface area contributed by atoms with Crippen molar-refractivity contribution in [2.45, 2.75) is 45.3 Å². The molecule has 0 aliphatic carbocycles. The minimum absolute atomic E-state index is 0.105. The zero-order valence-electron chi connectivity index (χ0n) is 16.7. The fourth-order valence-electron chi connectivity index (χ4n) is 2.96. The highest BCUT2D eigenvalue weighted by Crippen LogP contribution is 2.23. The van der Waals surface area contributed by atoms with Gasteiger partial charge in [0.1, 0.15) is 11.3 Å². The van der Waals surface area contributed by atoms with Crippen LogP contribution in [0.5, 0.6) is 0 Å². The van der Waals surface area contributed by atoms with Gasteiger partial charge in [-0.3, -0.25) is 9.78 Å². The molecule has 144 valence electrons. The monoisotopic (exact) mass is 362 g/mol. The van der Waals surface area contributed by atoms with Crippen molar-refractivity contribution < 1.29 is 14.3 Å².